The van der Waals surface area contributed by atoms with Gasteiger partial charge in [0, 0.05) is 0 Å². The first-order valence-corrected chi connectivity index (χ1v) is 5.23. The molecule has 1 aromatic rings. The summed E-state index contributed by atoms with van der Waals surface area (Å²) in [6.45, 7) is 8.42. The maximum Gasteiger partial charge on any atom is 0.307 e. The molecule has 0 radical (unpaired) electrons. The minimum atomic E-state index is -0.772. The summed E-state index contributed by atoms with van der Waals surface area (Å²) in [7, 11) is 0. The van der Waals surface area contributed by atoms with Crippen LogP contribution in [0, 0.1) is 13.8 Å². The smallest absolute Gasteiger partial charge is 0.307 e. The van der Waals surface area contributed by atoms with Crippen molar-refractivity contribution >= 4 is 5.97 Å². The van der Waals surface area contributed by atoms with E-state index in [1.807, 2.05) is 26.0 Å². The summed E-state index contributed by atoms with van der Waals surface area (Å²) in [5, 5.41) is 8.73. The van der Waals surface area contributed by atoms with Crippen molar-refractivity contribution in [1.82, 2.24) is 0 Å². The van der Waals surface area contributed by atoms with Crippen LogP contribution in [0.15, 0.2) is 12.1 Å². The molecule has 0 heterocycles. The zero-order chi connectivity index (χ0) is 11.6. The number of hydrogen-bond donors (Lipinski definition) is 1. The van der Waals surface area contributed by atoms with Gasteiger partial charge >= 0.3 is 5.97 Å². The number of rotatable bonds is 3. The molecular formula is C13H18O2. The largest absolute Gasteiger partial charge is 0.481 e. The zero-order valence-corrected chi connectivity index (χ0v) is 9.79. The Kier molecular flexibility index (Phi) is 3.51. The lowest BCUT2D eigenvalue weighted by Crippen LogP contribution is -2.03. The molecule has 0 aliphatic heterocycles. The Balaban J connectivity index is 3.13. The summed E-state index contributed by atoms with van der Waals surface area (Å²) < 4.78 is 0. The molecule has 0 bridgehead atoms. The van der Waals surface area contributed by atoms with Crippen LogP contribution in [-0.4, -0.2) is 11.1 Å². The Morgan fingerprint density at radius 3 is 2.07 bits per heavy atom. The summed E-state index contributed by atoms with van der Waals surface area (Å²) in [6, 6.07) is 3.97. The van der Waals surface area contributed by atoms with Gasteiger partial charge in [-0.25, -0.2) is 0 Å². The number of hydrogen-bond acceptors (Lipinski definition) is 1. The van der Waals surface area contributed by atoms with Crippen molar-refractivity contribution in [3.8, 4) is 0 Å². The monoisotopic (exact) mass is 206 g/mol. The average Bonchev–Trinajstić information content (AvgIpc) is 1.99. The first kappa shape index (κ1) is 11.8. The molecule has 1 rings (SSSR count). The van der Waals surface area contributed by atoms with E-state index in [0.717, 1.165) is 5.56 Å². The Morgan fingerprint density at radius 2 is 1.73 bits per heavy atom. The maximum absolute atomic E-state index is 10.6. The van der Waals surface area contributed by atoms with E-state index in [9.17, 15) is 4.79 Å². The highest BCUT2D eigenvalue weighted by Crippen LogP contribution is 2.24. The van der Waals surface area contributed by atoms with E-state index < -0.39 is 5.97 Å². The van der Waals surface area contributed by atoms with Crippen LogP contribution in [0.3, 0.4) is 0 Å². The minimum absolute atomic E-state index is 0.111. The van der Waals surface area contributed by atoms with Gasteiger partial charge in [0.25, 0.3) is 0 Å². The van der Waals surface area contributed by atoms with E-state index in [2.05, 4.69) is 13.8 Å². The van der Waals surface area contributed by atoms with Crippen molar-refractivity contribution in [2.75, 3.05) is 0 Å². The van der Waals surface area contributed by atoms with E-state index in [1.165, 1.54) is 16.7 Å². The Hall–Kier alpha value is -1.31. The first-order valence-electron chi connectivity index (χ1n) is 5.23. The van der Waals surface area contributed by atoms with Gasteiger partial charge in [0.2, 0.25) is 0 Å². The van der Waals surface area contributed by atoms with Crippen molar-refractivity contribution in [2.24, 2.45) is 0 Å². The second-order valence-corrected chi connectivity index (χ2v) is 4.37. The van der Waals surface area contributed by atoms with E-state index in [-0.39, 0.29) is 6.42 Å². The Morgan fingerprint density at radius 1 is 1.27 bits per heavy atom. The van der Waals surface area contributed by atoms with Crippen LogP contribution in [0.5, 0.6) is 0 Å². The predicted octanol–water partition coefficient (Wildman–Crippen LogP) is 3.05. The van der Waals surface area contributed by atoms with Crippen LogP contribution in [0.1, 0.15) is 42.0 Å². The van der Waals surface area contributed by atoms with E-state index in [1.54, 1.807) is 0 Å². The molecule has 0 aliphatic rings. The molecule has 2 heteroatoms. The number of aryl methyl sites for hydroxylation is 2. The zero-order valence-electron chi connectivity index (χ0n) is 9.79. The summed E-state index contributed by atoms with van der Waals surface area (Å²) in [4.78, 5) is 10.6. The molecule has 1 N–H and O–H groups in total. The topological polar surface area (TPSA) is 37.3 Å². The predicted molar refractivity (Wildman–Crippen MR) is 61.3 cm³/mol. The number of aliphatic carboxylic acids is 1. The van der Waals surface area contributed by atoms with E-state index in [0.29, 0.717) is 5.92 Å². The molecule has 0 atom stereocenters. The molecule has 0 saturated heterocycles. The van der Waals surface area contributed by atoms with Crippen molar-refractivity contribution in [3.63, 3.8) is 0 Å². The molecule has 2 nitrogen and oxygen atoms in total. The molecule has 82 valence electrons. The molecule has 0 unspecified atom stereocenters. The number of carboxylic acids is 1. The lowest BCUT2D eigenvalue weighted by atomic mass is 9.91. The SMILES string of the molecule is Cc1cc(CC(=O)O)cc(C)c1C(C)C. The molecule has 0 amide bonds. The molecule has 1 aromatic carbocycles. The van der Waals surface area contributed by atoms with Crippen molar-refractivity contribution in [3.05, 3.63) is 34.4 Å². The molecule has 0 aliphatic carbocycles. The lowest BCUT2D eigenvalue weighted by Gasteiger charge is -2.15. The maximum atomic E-state index is 10.6. The van der Waals surface area contributed by atoms with Gasteiger partial charge in [-0.15, -0.1) is 0 Å². The van der Waals surface area contributed by atoms with Gasteiger partial charge in [-0.2, -0.15) is 0 Å². The van der Waals surface area contributed by atoms with Crippen molar-refractivity contribution in [1.29, 1.82) is 0 Å². The molecule has 0 saturated carbocycles. The summed E-state index contributed by atoms with van der Waals surface area (Å²) >= 11 is 0. The highest BCUT2D eigenvalue weighted by molar-refractivity contribution is 5.70. The Labute approximate surface area is 90.9 Å². The van der Waals surface area contributed by atoms with Crippen LogP contribution in [0.2, 0.25) is 0 Å². The second-order valence-electron chi connectivity index (χ2n) is 4.37. The van der Waals surface area contributed by atoms with Crippen LogP contribution < -0.4 is 0 Å². The van der Waals surface area contributed by atoms with Gasteiger partial charge in [-0.05, 0) is 42.0 Å². The quantitative estimate of drug-likeness (QED) is 0.825. The molecular weight excluding hydrogens is 188 g/mol. The van der Waals surface area contributed by atoms with Gasteiger partial charge < -0.3 is 5.11 Å². The van der Waals surface area contributed by atoms with Gasteiger partial charge in [0.1, 0.15) is 0 Å². The van der Waals surface area contributed by atoms with E-state index >= 15 is 0 Å². The van der Waals surface area contributed by atoms with Crippen LogP contribution >= 0.6 is 0 Å². The number of benzene rings is 1. The standard InChI is InChI=1S/C13H18O2/c1-8(2)13-9(3)5-11(6-10(13)4)7-12(14)15/h5-6,8H,7H2,1-4H3,(H,14,15). The molecule has 0 spiro atoms. The fourth-order valence-corrected chi connectivity index (χ4v) is 2.25. The first-order chi connectivity index (χ1) is 6.91. The van der Waals surface area contributed by atoms with E-state index in [4.69, 9.17) is 5.11 Å². The summed E-state index contributed by atoms with van der Waals surface area (Å²) in [6.07, 6.45) is 0.111. The third-order valence-electron chi connectivity index (χ3n) is 2.59. The van der Waals surface area contributed by atoms with Crippen molar-refractivity contribution < 1.29 is 9.90 Å². The van der Waals surface area contributed by atoms with Crippen LogP contribution in [0.25, 0.3) is 0 Å². The minimum Gasteiger partial charge on any atom is -0.481 e. The molecule has 0 fully saturated rings. The van der Waals surface area contributed by atoms with Gasteiger partial charge in [0.05, 0.1) is 6.42 Å². The number of carboxylic acid groups (broad SMARTS) is 1. The van der Waals surface area contributed by atoms with Crippen LogP contribution in [0.4, 0.5) is 0 Å². The summed E-state index contributed by atoms with van der Waals surface area (Å²) in [5.74, 6) is -0.282. The third kappa shape index (κ3) is 2.82. The van der Waals surface area contributed by atoms with Crippen LogP contribution in [-0.2, 0) is 11.2 Å². The lowest BCUT2D eigenvalue weighted by molar-refractivity contribution is -0.136. The fourth-order valence-electron chi connectivity index (χ4n) is 2.25. The van der Waals surface area contributed by atoms with Gasteiger partial charge in [0.15, 0.2) is 0 Å². The highest BCUT2D eigenvalue weighted by atomic mass is 16.4. The Bertz CT molecular complexity index is 355. The third-order valence-corrected chi connectivity index (χ3v) is 2.59. The average molecular weight is 206 g/mol. The molecule has 0 aromatic heterocycles. The summed E-state index contributed by atoms with van der Waals surface area (Å²) in [5.41, 5.74) is 4.62. The van der Waals surface area contributed by atoms with Gasteiger partial charge in [-0.1, -0.05) is 26.0 Å². The van der Waals surface area contributed by atoms with Crippen molar-refractivity contribution in [2.45, 2.75) is 40.0 Å². The fraction of sp³-hybridized carbons (Fsp3) is 0.462. The second kappa shape index (κ2) is 4.47. The highest BCUT2D eigenvalue weighted by Gasteiger charge is 2.09. The van der Waals surface area contributed by atoms with Gasteiger partial charge in [-0.3, -0.25) is 4.79 Å². The molecule has 15 heavy (non-hydrogen) atoms. The normalized spacial score (nSPS) is 10.7. The number of carbonyl (C=O) groups is 1.